The van der Waals surface area contributed by atoms with Crippen LogP contribution in [0.4, 0.5) is 0 Å². The van der Waals surface area contributed by atoms with Crippen LogP contribution in [0.5, 0.6) is 0 Å². The highest BCUT2D eigenvalue weighted by Crippen LogP contribution is 2.05. The number of benzene rings is 1. The average molecular weight is 219 g/mol. The van der Waals surface area contributed by atoms with E-state index in [1.54, 1.807) is 18.2 Å². The fraction of sp³-hybridized carbons (Fsp3) is 0.308. The molecule has 0 bridgehead atoms. The Labute approximate surface area is 95.8 Å². The SMILES string of the molecule is C=C(CC)CNCc1cccc(C(=O)O)c1. The van der Waals surface area contributed by atoms with Gasteiger partial charge < -0.3 is 10.4 Å². The normalized spacial score (nSPS) is 10.1. The summed E-state index contributed by atoms with van der Waals surface area (Å²) >= 11 is 0. The van der Waals surface area contributed by atoms with Crippen LogP contribution in [0.25, 0.3) is 0 Å². The lowest BCUT2D eigenvalue weighted by Gasteiger charge is -2.06. The maximum absolute atomic E-state index is 10.7. The smallest absolute Gasteiger partial charge is 0.335 e. The van der Waals surface area contributed by atoms with Crippen LogP contribution in [0.1, 0.15) is 29.3 Å². The van der Waals surface area contributed by atoms with Crippen LogP contribution >= 0.6 is 0 Å². The van der Waals surface area contributed by atoms with Gasteiger partial charge in [-0.15, -0.1) is 0 Å². The van der Waals surface area contributed by atoms with Gasteiger partial charge in [-0.2, -0.15) is 0 Å². The van der Waals surface area contributed by atoms with Crippen LogP contribution in [0.2, 0.25) is 0 Å². The highest BCUT2D eigenvalue weighted by atomic mass is 16.4. The van der Waals surface area contributed by atoms with Gasteiger partial charge in [-0.25, -0.2) is 4.79 Å². The molecule has 3 nitrogen and oxygen atoms in total. The molecule has 16 heavy (non-hydrogen) atoms. The van der Waals surface area contributed by atoms with Gasteiger partial charge in [-0.05, 0) is 24.1 Å². The zero-order valence-corrected chi connectivity index (χ0v) is 9.49. The molecule has 3 heteroatoms. The molecule has 0 aromatic heterocycles. The summed E-state index contributed by atoms with van der Waals surface area (Å²) in [5.41, 5.74) is 2.45. The molecule has 0 aliphatic carbocycles. The Bertz CT molecular complexity index is 385. The predicted molar refractivity (Wildman–Crippen MR) is 64.5 cm³/mol. The average Bonchev–Trinajstić information content (AvgIpc) is 2.29. The van der Waals surface area contributed by atoms with E-state index < -0.39 is 5.97 Å². The lowest BCUT2D eigenvalue weighted by Crippen LogP contribution is -2.16. The molecule has 0 amide bonds. The number of carboxylic acids is 1. The molecule has 0 heterocycles. The summed E-state index contributed by atoms with van der Waals surface area (Å²) in [4.78, 5) is 10.7. The molecule has 1 rings (SSSR count). The Balaban J connectivity index is 2.51. The van der Waals surface area contributed by atoms with Crippen molar-refractivity contribution in [3.63, 3.8) is 0 Å². The zero-order chi connectivity index (χ0) is 12.0. The van der Waals surface area contributed by atoms with E-state index in [0.717, 1.165) is 24.1 Å². The highest BCUT2D eigenvalue weighted by Gasteiger charge is 2.02. The van der Waals surface area contributed by atoms with Crippen LogP contribution in [-0.4, -0.2) is 17.6 Å². The van der Waals surface area contributed by atoms with Gasteiger partial charge >= 0.3 is 5.97 Å². The molecule has 1 aromatic carbocycles. The Kier molecular flexibility index (Phi) is 4.73. The first kappa shape index (κ1) is 12.5. The molecular formula is C13H17NO2. The van der Waals surface area contributed by atoms with Gasteiger partial charge in [0.05, 0.1) is 5.56 Å². The molecule has 0 radical (unpaired) electrons. The fourth-order valence-electron chi connectivity index (χ4n) is 1.32. The van der Waals surface area contributed by atoms with E-state index in [9.17, 15) is 4.79 Å². The van der Waals surface area contributed by atoms with Crippen molar-refractivity contribution in [2.24, 2.45) is 0 Å². The summed E-state index contributed by atoms with van der Waals surface area (Å²) in [5.74, 6) is -0.889. The summed E-state index contributed by atoms with van der Waals surface area (Å²) in [6.07, 6.45) is 0.960. The first-order valence-corrected chi connectivity index (χ1v) is 5.33. The van der Waals surface area contributed by atoms with Crippen LogP contribution in [0.15, 0.2) is 36.4 Å². The number of carbonyl (C=O) groups is 1. The van der Waals surface area contributed by atoms with E-state index in [0.29, 0.717) is 12.1 Å². The number of nitrogens with one attached hydrogen (secondary N) is 1. The number of carboxylic acid groups (broad SMARTS) is 1. The minimum Gasteiger partial charge on any atom is -0.478 e. The summed E-state index contributed by atoms with van der Waals surface area (Å²) in [6, 6.07) is 6.95. The van der Waals surface area contributed by atoms with Crippen molar-refractivity contribution in [3.8, 4) is 0 Å². The Hall–Kier alpha value is -1.61. The first-order valence-electron chi connectivity index (χ1n) is 5.33. The third kappa shape index (κ3) is 3.87. The minimum atomic E-state index is -0.889. The zero-order valence-electron chi connectivity index (χ0n) is 9.49. The molecule has 2 N–H and O–H groups in total. The minimum absolute atomic E-state index is 0.327. The molecule has 0 fully saturated rings. The summed E-state index contributed by atoms with van der Waals surface area (Å²) < 4.78 is 0. The maximum Gasteiger partial charge on any atom is 0.335 e. The van der Waals surface area contributed by atoms with Gasteiger partial charge in [0.25, 0.3) is 0 Å². The molecule has 0 saturated heterocycles. The largest absolute Gasteiger partial charge is 0.478 e. The van der Waals surface area contributed by atoms with E-state index in [2.05, 4.69) is 18.8 Å². The van der Waals surface area contributed by atoms with Gasteiger partial charge in [-0.3, -0.25) is 0 Å². The van der Waals surface area contributed by atoms with Gasteiger partial charge in [0.1, 0.15) is 0 Å². The second kappa shape index (κ2) is 6.08. The molecule has 86 valence electrons. The van der Waals surface area contributed by atoms with Crippen molar-refractivity contribution in [2.45, 2.75) is 19.9 Å². The van der Waals surface area contributed by atoms with Gasteiger partial charge in [-0.1, -0.05) is 31.2 Å². The molecule has 0 unspecified atom stereocenters. The molecular weight excluding hydrogens is 202 g/mol. The number of hydrogen-bond acceptors (Lipinski definition) is 2. The molecule has 0 saturated carbocycles. The van der Waals surface area contributed by atoms with E-state index in [4.69, 9.17) is 5.11 Å². The van der Waals surface area contributed by atoms with Crippen LogP contribution < -0.4 is 5.32 Å². The van der Waals surface area contributed by atoms with Gasteiger partial charge in [0.15, 0.2) is 0 Å². The Morgan fingerprint density at radius 2 is 2.25 bits per heavy atom. The van der Waals surface area contributed by atoms with Crippen molar-refractivity contribution in [1.82, 2.24) is 5.32 Å². The highest BCUT2D eigenvalue weighted by molar-refractivity contribution is 5.87. The van der Waals surface area contributed by atoms with Crippen molar-refractivity contribution in [3.05, 3.63) is 47.5 Å². The molecule has 0 aliphatic heterocycles. The first-order chi connectivity index (χ1) is 7.63. The van der Waals surface area contributed by atoms with Gasteiger partial charge in [0.2, 0.25) is 0 Å². The second-order valence-corrected chi connectivity index (χ2v) is 3.71. The van der Waals surface area contributed by atoms with E-state index in [1.165, 1.54) is 0 Å². The van der Waals surface area contributed by atoms with Crippen LogP contribution in [-0.2, 0) is 6.54 Å². The molecule has 0 atom stereocenters. The Morgan fingerprint density at radius 3 is 2.88 bits per heavy atom. The van der Waals surface area contributed by atoms with Crippen LogP contribution in [0.3, 0.4) is 0 Å². The molecule has 1 aromatic rings. The Morgan fingerprint density at radius 1 is 1.50 bits per heavy atom. The number of rotatable bonds is 6. The molecule has 0 spiro atoms. The predicted octanol–water partition coefficient (Wildman–Crippen LogP) is 2.44. The van der Waals surface area contributed by atoms with Crippen molar-refractivity contribution in [2.75, 3.05) is 6.54 Å². The van der Waals surface area contributed by atoms with E-state index >= 15 is 0 Å². The standard InChI is InChI=1S/C13H17NO2/c1-3-10(2)8-14-9-11-5-4-6-12(7-11)13(15)16/h4-7,14H,2-3,8-9H2,1H3,(H,15,16). The molecule has 0 aliphatic rings. The van der Waals surface area contributed by atoms with Gasteiger partial charge in [0, 0.05) is 13.1 Å². The third-order valence-electron chi connectivity index (χ3n) is 2.38. The lowest BCUT2D eigenvalue weighted by molar-refractivity contribution is 0.0697. The number of hydrogen-bond donors (Lipinski definition) is 2. The van der Waals surface area contributed by atoms with E-state index in [1.807, 2.05) is 6.07 Å². The maximum atomic E-state index is 10.7. The summed E-state index contributed by atoms with van der Waals surface area (Å²) in [7, 11) is 0. The van der Waals surface area contributed by atoms with E-state index in [-0.39, 0.29) is 0 Å². The quantitative estimate of drug-likeness (QED) is 0.722. The lowest BCUT2D eigenvalue weighted by atomic mass is 10.1. The van der Waals surface area contributed by atoms with Crippen LogP contribution in [0, 0.1) is 0 Å². The third-order valence-corrected chi connectivity index (χ3v) is 2.38. The van der Waals surface area contributed by atoms with Crippen molar-refractivity contribution < 1.29 is 9.90 Å². The van der Waals surface area contributed by atoms with Crippen molar-refractivity contribution in [1.29, 1.82) is 0 Å². The fourth-order valence-corrected chi connectivity index (χ4v) is 1.32. The summed E-state index contributed by atoms with van der Waals surface area (Å²) in [5, 5.41) is 12.1. The number of aromatic carboxylic acids is 1. The van der Waals surface area contributed by atoms with Crippen molar-refractivity contribution >= 4 is 5.97 Å². The topological polar surface area (TPSA) is 49.3 Å². The summed E-state index contributed by atoms with van der Waals surface area (Å²) in [6.45, 7) is 7.40. The second-order valence-electron chi connectivity index (χ2n) is 3.71. The monoisotopic (exact) mass is 219 g/mol.